The van der Waals surface area contributed by atoms with Gasteiger partial charge in [-0.1, -0.05) is 208 Å². The van der Waals surface area contributed by atoms with E-state index in [0.29, 0.717) is 0 Å². The third kappa shape index (κ3) is 5.58. The quantitative estimate of drug-likeness (QED) is 0.128. The molecule has 2 fully saturated rings. The smallest absolute Gasteiger partial charge is 0.123 e. The highest BCUT2D eigenvalue weighted by Gasteiger charge is 2.53. The number of rotatable bonds is 4. The van der Waals surface area contributed by atoms with E-state index in [-0.39, 0.29) is 0 Å². The maximum atomic E-state index is 2.62. The molecule has 3 spiro atoms. The molecule has 0 aromatic heterocycles. The summed E-state index contributed by atoms with van der Waals surface area (Å²) < 4.78 is 0. The Balaban J connectivity index is 0.841. The van der Waals surface area contributed by atoms with Crippen molar-refractivity contribution >= 4 is 93.9 Å². The topological polar surface area (TPSA) is 6.48 Å². The van der Waals surface area contributed by atoms with Crippen molar-refractivity contribution < 1.29 is 0 Å². The van der Waals surface area contributed by atoms with Crippen LogP contribution in [0.1, 0.15) is 59.1 Å². The number of para-hydroxylation sites is 4. The average Bonchev–Trinajstić information content (AvgIpc) is 4.27. The van der Waals surface area contributed by atoms with E-state index in [0.717, 1.165) is 0 Å². The van der Waals surface area contributed by atoms with Gasteiger partial charge in [-0.3, -0.25) is 0 Å². The van der Waals surface area contributed by atoms with E-state index in [1.807, 2.05) is 0 Å². The van der Waals surface area contributed by atoms with E-state index in [2.05, 4.69) is 240 Å². The van der Waals surface area contributed by atoms with Crippen LogP contribution in [-0.2, 0) is 5.41 Å². The Hall–Kier alpha value is -7.77. The number of nitrogens with zero attached hydrogens (tertiary/aromatic N) is 2. The first kappa shape index (κ1) is 41.8. The third-order valence-electron chi connectivity index (χ3n) is 18.5. The van der Waals surface area contributed by atoms with Crippen molar-refractivity contribution in [1.82, 2.24) is 0 Å². The summed E-state index contributed by atoms with van der Waals surface area (Å²) in [6.07, 6.45) is 10.1. The first-order valence-electron chi connectivity index (χ1n) is 26.8. The van der Waals surface area contributed by atoms with Crippen molar-refractivity contribution in [2.45, 2.75) is 55.3 Å². The molecule has 4 aliphatic heterocycles. The number of fused-ring (bicyclic) bond motifs is 19. The molecule has 0 atom stereocenters. The van der Waals surface area contributed by atoms with Gasteiger partial charge in [-0.05, 0) is 154 Å². The maximum absolute atomic E-state index is 2.62. The number of hydrogen-bond acceptors (Lipinski definition) is 2. The molecule has 0 unspecified atom stereocenters. The summed E-state index contributed by atoms with van der Waals surface area (Å²) in [6, 6.07) is 90.0. The molecule has 4 heteroatoms. The molecule has 0 N–H and O–H groups in total. The minimum Gasteiger partial charge on any atom is -0.311 e. The van der Waals surface area contributed by atoms with Gasteiger partial charge in [-0.15, -0.1) is 0 Å². The van der Waals surface area contributed by atoms with Crippen LogP contribution in [0.25, 0.3) is 45.2 Å². The van der Waals surface area contributed by atoms with Crippen molar-refractivity contribution in [3.05, 3.63) is 252 Å². The summed E-state index contributed by atoms with van der Waals surface area (Å²) in [5.74, 6) is 0. The molecule has 2 saturated heterocycles. The summed E-state index contributed by atoms with van der Waals surface area (Å²) in [7, 11) is -3.72. The minimum absolute atomic E-state index is 0.483. The van der Waals surface area contributed by atoms with Gasteiger partial charge >= 0.3 is 0 Å². The largest absolute Gasteiger partial charge is 0.311 e. The summed E-state index contributed by atoms with van der Waals surface area (Å²) >= 11 is 0. The first-order chi connectivity index (χ1) is 36.2. The van der Waals surface area contributed by atoms with Crippen molar-refractivity contribution in [2.24, 2.45) is 0 Å². The first-order valence-corrected chi connectivity index (χ1v) is 31.7. The van der Waals surface area contributed by atoms with Crippen LogP contribution in [0.2, 0.25) is 24.2 Å². The van der Waals surface area contributed by atoms with E-state index in [4.69, 9.17) is 0 Å². The second kappa shape index (κ2) is 15.6. The van der Waals surface area contributed by atoms with E-state index < -0.39 is 21.6 Å². The fraction of sp³-hybridized carbons (Fsp3) is 0.130. The predicted molar refractivity (Wildman–Crippen MR) is 313 cm³/mol. The molecular formula is C69H54N2Si2. The lowest BCUT2D eigenvalue weighted by Crippen LogP contribution is -2.60. The van der Waals surface area contributed by atoms with Crippen molar-refractivity contribution in [3.63, 3.8) is 0 Å². The SMILES string of the molecule is C(=Cc1cccc2c(N3c4ccccc4[Si]4(CCCC4)c4ccccc43)cccc12)c1ccc2c(c1)C1(c3ccccc3-c3ccccc31)c1cc(N3c4ccccc4[Si]4(CCCC4)c4ccccc43)ccc1-2. The van der Waals surface area contributed by atoms with Gasteiger partial charge < -0.3 is 9.80 Å². The Morgan fingerprint density at radius 3 is 1.34 bits per heavy atom. The number of anilines is 6. The normalized spacial score (nSPS) is 17.4. The van der Waals surface area contributed by atoms with Gasteiger partial charge in [0, 0.05) is 33.8 Å². The Labute approximate surface area is 430 Å². The molecule has 0 radical (unpaired) electrons. The lowest BCUT2D eigenvalue weighted by atomic mass is 9.70. The summed E-state index contributed by atoms with van der Waals surface area (Å²) in [5.41, 5.74) is 20.7. The van der Waals surface area contributed by atoms with Crippen LogP contribution in [0, 0.1) is 0 Å². The molecule has 10 aromatic carbocycles. The van der Waals surface area contributed by atoms with Gasteiger partial charge in [0.15, 0.2) is 0 Å². The van der Waals surface area contributed by atoms with Crippen LogP contribution < -0.4 is 30.5 Å². The zero-order valence-electron chi connectivity index (χ0n) is 41.0. The van der Waals surface area contributed by atoms with E-state index >= 15 is 0 Å². The van der Waals surface area contributed by atoms with Gasteiger partial charge in [0.25, 0.3) is 0 Å². The highest BCUT2D eigenvalue weighted by Crippen LogP contribution is 2.64. The summed E-state index contributed by atoms with van der Waals surface area (Å²) in [4.78, 5) is 5.21. The van der Waals surface area contributed by atoms with Crippen LogP contribution in [-0.4, -0.2) is 16.1 Å². The molecule has 2 nitrogen and oxygen atoms in total. The Bertz CT molecular complexity index is 3840. The summed E-state index contributed by atoms with van der Waals surface area (Å²) in [5, 5.41) is 8.99. The maximum Gasteiger partial charge on any atom is 0.123 e. The van der Waals surface area contributed by atoms with E-state index in [1.54, 1.807) is 20.7 Å². The van der Waals surface area contributed by atoms with Gasteiger partial charge in [0.2, 0.25) is 0 Å². The molecule has 348 valence electrons. The molecule has 0 bridgehead atoms. The van der Waals surface area contributed by atoms with Gasteiger partial charge in [-0.25, -0.2) is 0 Å². The van der Waals surface area contributed by atoms with Gasteiger partial charge in [0.05, 0.1) is 11.1 Å². The standard InChI is InChI=1S/C69H54N2Si2/c1-3-24-56-51(20-1)52-21-2-4-25-57(52)69(56)58-45-47(36-39-53(58)54-40-38-49(46-59(54)69)70-61-26-5-9-31-65(61)72(41-13-14-42-72)66-32-10-6-27-62(66)70)35-37-48-19-17-23-55-50(48)22-18-30-60(55)71-63-28-7-11-33-67(63)73(43-15-16-44-73)68-34-12-8-29-64(68)71/h1-12,17-40,45-46H,13-16,41-44H2. The van der Waals surface area contributed by atoms with Crippen molar-refractivity contribution in [2.75, 3.05) is 9.80 Å². The Morgan fingerprint density at radius 1 is 0.329 bits per heavy atom. The van der Waals surface area contributed by atoms with Gasteiger partial charge in [0.1, 0.15) is 16.1 Å². The average molecular weight is 967 g/mol. The molecule has 0 amide bonds. The second-order valence-corrected chi connectivity index (χ2v) is 30.2. The second-order valence-electron chi connectivity index (χ2n) is 21.7. The molecule has 6 aliphatic rings. The zero-order valence-corrected chi connectivity index (χ0v) is 43.0. The zero-order chi connectivity index (χ0) is 47.9. The van der Waals surface area contributed by atoms with Crippen molar-refractivity contribution in [3.8, 4) is 22.3 Å². The fourth-order valence-electron chi connectivity index (χ4n) is 15.6. The van der Waals surface area contributed by atoms with Crippen LogP contribution in [0.5, 0.6) is 0 Å². The van der Waals surface area contributed by atoms with Crippen LogP contribution >= 0.6 is 0 Å². The fourth-order valence-corrected chi connectivity index (χ4v) is 26.7. The minimum atomic E-state index is -1.88. The van der Waals surface area contributed by atoms with Crippen LogP contribution in [0.15, 0.2) is 218 Å². The highest BCUT2D eigenvalue weighted by molar-refractivity contribution is 7.05. The van der Waals surface area contributed by atoms with Crippen molar-refractivity contribution in [1.29, 1.82) is 0 Å². The molecule has 2 aliphatic carbocycles. The Morgan fingerprint density at radius 2 is 0.767 bits per heavy atom. The number of hydrogen-bond donors (Lipinski definition) is 0. The lowest BCUT2D eigenvalue weighted by molar-refractivity contribution is 0.793. The molecular weight excluding hydrogens is 913 g/mol. The van der Waals surface area contributed by atoms with Gasteiger partial charge in [-0.2, -0.15) is 0 Å². The van der Waals surface area contributed by atoms with E-state index in [1.165, 1.54) is 150 Å². The van der Waals surface area contributed by atoms with E-state index in [9.17, 15) is 0 Å². The highest BCUT2D eigenvalue weighted by atomic mass is 28.3. The summed E-state index contributed by atoms with van der Waals surface area (Å²) in [6.45, 7) is 0. The molecule has 4 heterocycles. The predicted octanol–water partition coefficient (Wildman–Crippen LogP) is 15.6. The lowest BCUT2D eigenvalue weighted by Gasteiger charge is -2.43. The third-order valence-corrected chi connectivity index (χ3v) is 29.2. The molecule has 10 aromatic rings. The Kier molecular flexibility index (Phi) is 8.95. The number of benzene rings is 10. The van der Waals surface area contributed by atoms with Crippen LogP contribution in [0.4, 0.5) is 34.1 Å². The molecule has 16 rings (SSSR count). The molecule has 73 heavy (non-hydrogen) atoms. The molecule has 0 saturated carbocycles. The monoisotopic (exact) mass is 966 g/mol. The van der Waals surface area contributed by atoms with Crippen LogP contribution in [0.3, 0.4) is 0 Å².